The van der Waals surface area contributed by atoms with Crippen LogP contribution >= 0.6 is 11.8 Å². The molecule has 0 atom stereocenters. The number of rotatable bonds is 10. The van der Waals surface area contributed by atoms with Crippen molar-refractivity contribution < 1.29 is 13.9 Å². The Labute approximate surface area is 164 Å². The van der Waals surface area contributed by atoms with Crippen LogP contribution < -0.4 is 5.32 Å². The van der Waals surface area contributed by atoms with Crippen molar-refractivity contribution in [3.63, 3.8) is 0 Å². The zero-order valence-electron chi connectivity index (χ0n) is 15.9. The smallest absolute Gasteiger partial charge is 0.230 e. The van der Waals surface area contributed by atoms with Crippen molar-refractivity contribution in [2.24, 2.45) is 0 Å². The summed E-state index contributed by atoms with van der Waals surface area (Å²) in [6, 6.07) is 3.68. The summed E-state index contributed by atoms with van der Waals surface area (Å²) in [5, 5.41) is 12.0. The summed E-state index contributed by atoms with van der Waals surface area (Å²) in [7, 11) is 0. The molecule has 27 heavy (non-hydrogen) atoms. The molecule has 2 heterocycles. The minimum absolute atomic E-state index is 0.00266. The van der Waals surface area contributed by atoms with Gasteiger partial charge in [0.2, 0.25) is 5.91 Å². The lowest BCUT2D eigenvalue weighted by atomic mass is 9.98. The van der Waals surface area contributed by atoms with Crippen LogP contribution in [0.4, 0.5) is 0 Å². The van der Waals surface area contributed by atoms with Gasteiger partial charge in [-0.3, -0.25) is 9.36 Å². The molecule has 2 aromatic rings. The molecule has 0 radical (unpaired) electrons. The lowest BCUT2D eigenvalue weighted by Gasteiger charge is -2.21. The Morgan fingerprint density at radius 1 is 1.37 bits per heavy atom. The van der Waals surface area contributed by atoms with Gasteiger partial charge in [0, 0.05) is 19.7 Å². The molecule has 1 aliphatic rings. The number of nitrogens with zero attached hydrogens (tertiary/aromatic N) is 3. The van der Waals surface area contributed by atoms with Crippen LogP contribution in [-0.2, 0) is 16.1 Å². The second kappa shape index (κ2) is 10.5. The van der Waals surface area contributed by atoms with Crippen LogP contribution in [0.5, 0.6) is 0 Å². The monoisotopic (exact) mass is 392 g/mol. The van der Waals surface area contributed by atoms with E-state index in [0.717, 1.165) is 18.2 Å². The van der Waals surface area contributed by atoms with E-state index in [0.29, 0.717) is 36.5 Å². The molecule has 7 nitrogen and oxygen atoms in total. The fraction of sp³-hybridized carbons (Fsp3) is 0.632. The largest absolute Gasteiger partial charge is 0.461 e. The number of ether oxygens (including phenoxy) is 1. The highest BCUT2D eigenvalue weighted by Crippen LogP contribution is 2.24. The molecule has 0 bridgehead atoms. The van der Waals surface area contributed by atoms with Gasteiger partial charge in [-0.05, 0) is 38.3 Å². The van der Waals surface area contributed by atoms with E-state index < -0.39 is 0 Å². The third-order valence-electron chi connectivity index (χ3n) is 4.66. The van der Waals surface area contributed by atoms with Gasteiger partial charge >= 0.3 is 0 Å². The Morgan fingerprint density at radius 3 is 2.96 bits per heavy atom. The zero-order valence-corrected chi connectivity index (χ0v) is 16.7. The van der Waals surface area contributed by atoms with E-state index in [-0.39, 0.29) is 5.91 Å². The molecule has 148 valence electrons. The second-order valence-electron chi connectivity index (χ2n) is 6.65. The summed E-state index contributed by atoms with van der Waals surface area (Å²) < 4.78 is 13.2. The van der Waals surface area contributed by atoms with E-state index in [2.05, 4.69) is 15.5 Å². The molecule has 8 heteroatoms. The molecule has 0 spiro atoms. The quantitative estimate of drug-likeness (QED) is 0.492. The first kappa shape index (κ1) is 19.9. The number of thioether (sulfide) groups is 1. The van der Waals surface area contributed by atoms with Gasteiger partial charge in [0.05, 0.1) is 18.1 Å². The normalized spacial score (nSPS) is 15.1. The third-order valence-corrected chi connectivity index (χ3v) is 5.62. The number of hydrogen-bond donors (Lipinski definition) is 1. The van der Waals surface area contributed by atoms with Crippen molar-refractivity contribution >= 4 is 17.7 Å². The molecule has 1 aliphatic carbocycles. The van der Waals surface area contributed by atoms with Gasteiger partial charge in [-0.25, -0.2) is 0 Å². The molecule has 1 fully saturated rings. The summed E-state index contributed by atoms with van der Waals surface area (Å²) in [4.78, 5) is 12.1. The van der Waals surface area contributed by atoms with Gasteiger partial charge in [-0.1, -0.05) is 31.0 Å². The van der Waals surface area contributed by atoms with Crippen molar-refractivity contribution in [1.29, 1.82) is 0 Å². The number of carbonyl (C=O) groups excluding carboxylic acids is 1. The first-order valence-electron chi connectivity index (χ1n) is 9.76. The Bertz CT molecular complexity index is 696. The number of carbonyl (C=O) groups is 1. The number of amides is 1. The Hall–Kier alpha value is -1.80. The first-order valence-corrected chi connectivity index (χ1v) is 10.7. The molecule has 0 unspecified atom stereocenters. The van der Waals surface area contributed by atoms with Crippen molar-refractivity contribution in [2.75, 3.05) is 18.9 Å². The van der Waals surface area contributed by atoms with Gasteiger partial charge in [-0.2, -0.15) is 0 Å². The highest BCUT2D eigenvalue weighted by Gasteiger charge is 2.16. The number of aromatic nitrogens is 3. The van der Waals surface area contributed by atoms with Crippen molar-refractivity contribution in [2.45, 2.75) is 63.3 Å². The third kappa shape index (κ3) is 5.84. The molecule has 3 rings (SSSR count). The Kier molecular flexibility index (Phi) is 7.77. The van der Waals surface area contributed by atoms with Crippen LogP contribution in [0.15, 0.2) is 28.0 Å². The molecule has 0 saturated heterocycles. The molecule has 0 aromatic carbocycles. The predicted molar refractivity (Wildman–Crippen MR) is 105 cm³/mol. The van der Waals surface area contributed by atoms with E-state index in [9.17, 15) is 4.79 Å². The maximum absolute atomic E-state index is 12.1. The van der Waals surface area contributed by atoms with Crippen molar-refractivity contribution in [1.82, 2.24) is 20.1 Å². The van der Waals surface area contributed by atoms with E-state index >= 15 is 0 Å². The first-order chi connectivity index (χ1) is 13.3. The van der Waals surface area contributed by atoms with E-state index in [1.54, 1.807) is 6.26 Å². The average Bonchev–Trinajstić information content (AvgIpc) is 3.36. The molecular weight excluding hydrogens is 364 g/mol. The highest BCUT2D eigenvalue weighted by atomic mass is 32.2. The zero-order chi connectivity index (χ0) is 18.9. The maximum atomic E-state index is 12.1. The van der Waals surface area contributed by atoms with E-state index in [4.69, 9.17) is 9.15 Å². The van der Waals surface area contributed by atoms with Crippen LogP contribution in [0.2, 0.25) is 0 Å². The molecule has 2 aromatic heterocycles. The minimum atomic E-state index is 0.00266. The van der Waals surface area contributed by atoms with Gasteiger partial charge in [-0.15, -0.1) is 10.2 Å². The standard InChI is InChI=1S/C19H28N4O3S/c1-2-23-18(16-10-6-12-26-16)21-22-19(23)27-14-17(24)20-11-7-13-25-15-8-4-3-5-9-15/h6,10,12,15H,2-5,7-9,11,13-14H2,1H3,(H,20,24). The molecule has 0 aliphatic heterocycles. The predicted octanol–water partition coefficient (Wildman–Crippen LogP) is 3.51. The topological polar surface area (TPSA) is 82.2 Å². The van der Waals surface area contributed by atoms with Crippen LogP contribution in [0.25, 0.3) is 11.6 Å². The Morgan fingerprint density at radius 2 is 2.22 bits per heavy atom. The van der Waals surface area contributed by atoms with Crippen molar-refractivity contribution in [3.05, 3.63) is 18.4 Å². The fourth-order valence-corrected chi connectivity index (χ4v) is 4.06. The molecule has 1 saturated carbocycles. The van der Waals surface area contributed by atoms with Crippen LogP contribution in [0.3, 0.4) is 0 Å². The van der Waals surface area contributed by atoms with Crippen LogP contribution in [0, 0.1) is 0 Å². The molecule has 1 amide bonds. The highest BCUT2D eigenvalue weighted by molar-refractivity contribution is 7.99. The fourth-order valence-electron chi connectivity index (χ4n) is 3.23. The SMILES string of the molecule is CCn1c(SCC(=O)NCCCOC2CCCCC2)nnc1-c1ccco1. The lowest BCUT2D eigenvalue weighted by molar-refractivity contribution is -0.118. The van der Waals surface area contributed by atoms with Crippen molar-refractivity contribution in [3.8, 4) is 11.6 Å². The summed E-state index contributed by atoms with van der Waals surface area (Å²) >= 11 is 1.39. The maximum Gasteiger partial charge on any atom is 0.230 e. The summed E-state index contributed by atoms with van der Waals surface area (Å²) in [6.07, 6.45) is 9.15. The summed E-state index contributed by atoms with van der Waals surface area (Å²) in [5.41, 5.74) is 0. The van der Waals surface area contributed by atoms with Gasteiger partial charge in [0.15, 0.2) is 16.7 Å². The summed E-state index contributed by atoms with van der Waals surface area (Å²) in [5.74, 6) is 1.69. The van der Waals surface area contributed by atoms with Crippen LogP contribution in [0.1, 0.15) is 45.4 Å². The van der Waals surface area contributed by atoms with E-state index in [1.807, 2.05) is 23.6 Å². The summed E-state index contributed by atoms with van der Waals surface area (Å²) in [6.45, 7) is 4.09. The number of hydrogen-bond acceptors (Lipinski definition) is 6. The van der Waals surface area contributed by atoms with Gasteiger partial charge < -0.3 is 14.5 Å². The van der Waals surface area contributed by atoms with E-state index in [1.165, 1.54) is 43.9 Å². The number of nitrogens with one attached hydrogen (secondary N) is 1. The second-order valence-corrected chi connectivity index (χ2v) is 7.59. The molecular formula is C19H28N4O3S. The average molecular weight is 393 g/mol. The number of furan rings is 1. The van der Waals surface area contributed by atoms with Gasteiger partial charge in [0.25, 0.3) is 0 Å². The van der Waals surface area contributed by atoms with Crippen LogP contribution in [-0.4, -0.2) is 45.7 Å². The minimum Gasteiger partial charge on any atom is -0.461 e. The van der Waals surface area contributed by atoms with Gasteiger partial charge in [0.1, 0.15) is 0 Å². The lowest BCUT2D eigenvalue weighted by Crippen LogP contribution is -2.27. The Balaban J connectivity index is 1.35. The molecule has 1 N–H and O–H groups in total.